The van der Waals surface area contributed by atoms with E-state index in [9.17, 15) is 4.79 Å². The molecule has 1 amide bonds. The summed E-state index contributed by atoms with van der Waals surface area (Å²) in [5.74, 6) is 0.274. The molecular formula is C15H14Cl2N2O2. The lowest BCUT2D eigenvalue weighted by Gasteiger charge is -2.11. The van der Waals surface area contributed by atoms with Crippen LogP contribution >= 0.6 is 23.2 Å². The van der Waals surface area contributed by atoms with E-state index in [0.717, 1.165) is 0 Å². The number of ether oxygens (including phenoxy) is 1. The van der Waals surface area contributed by atoms with Gasteiger partial charge in [0.05, 0.1) is 17.7 Å². The van der Waals surface area contributed by atoms with E-state index in [2.05, 4.69) is 10.6 Å². The maximum atomic E-state index is 12.3. The molecule has 0 heterocycles. The number of halogens is 2. The summed E-state index contributed by atoms with van der Waals surface area (Å²) in [4.78, 5) is 12.3. The van der Waals surface area contributed by atoms with Crippen LogP contribution in [0.4, 0.5) is 11.4 Å². The van der Waals surface area contributed by atoms with Gasteiger partial charge in [0.15, 0.2) is 0 Å². The highest BCUT2D eigenvalue weighted by Crippen LogP contribution is 2.28. The molecule has 2 aromatic rings. The molecule has 0 saturated heterocycles. The van der Waals surface area contributed by atoms with E-state index in [1.165, 1.54) is 7.11 Å². The van der Waals surface area contributed by atoms with Crippen LogP contribution in [0.3, 0.4) is 0 Å². The topological polar surface area (TPSA) is 50.4 Å². The van der Waals surface area contributed by atoms with Gasteiger partial charge in [-0.25, -0.2) is 0 Å². The molecule has 0 unspecified atom stereocenters. The maximum Gasteiger partial charge on any atom is 0.257 e. The molecule has 0 bridgehead atoms. The second-order valence-electron chi connectivity index (χ2n) is 4.24. The van der Waals surface area contributed by atoms with Crippen molar-refractivity contribution in [3.05, 3.63) is 52.0 Å². The van der Waals surface area contributed by atoms with Crippen LogP contribution in [0.2, 0.25) is 10.0 Å². The molecule has 0 atom stereocenters. The Balaban J connectivity index is 2.26. The maximum absolute atomic E-state index is 12.3. The van der Waals surface area contributed by atoms with Gasteiger partial charge in [-0.1, -0.05) is 23.2 Å². The first-order valence-corrected chi connectivity index (χ1v) is 6.93. The Labute approximate surface area is 133 Å². The molecule has 2 rings (SSSR count). The van der Waals surface area contributed by atoms with Gasteiger partial charge in [-0.3, -0.25) is 4.79 Å². The number of hydrogen-bond acceptors (Lipinski definition) is 3. The summed E-state index contributed by atoms with van der Waals surface area (Å²) in [6.45, 7) is 0. The minimum Gasteiger partial charge on any atom is -0.495 e. The normalized spacial score (nSPS) is 10.1. The van der Waals surface area contributed by atoms with Gasteiger partial charge in [0, 0.05) is 23.4 Å². The van der Waals surface area contributed by atoms with Crippen molar-refractivity contribution in [2.75, 3.05) is 24.8 Å². The smallest absolute Gasteiger partial charge is 0.257 e. The number of methoxy groups -OCH3 is 1. The van der Waals surface area contributed by atoms with Gasteiger partial charge in [-0.15, -0.1) is 0 Å². The molecule has 21 heavy (non-hydrogen) atoms. The molecule has 0 radical (unpaired) electrons. The molecule has 0 aliphatic carbocycles. The SMILES string of the molecule is CNc1ccc(Cl)cc1C(=O)Nc1ccc(OC)c(Cl)c1. The van der Waals surface area contributed by atoms with E-state index >= 15 is 0 Å². The third-order valence-electron chi connectivity index (χ3n) is 2.91. The van der Waals surface area contributed by atoms with Crippen molar-refractivity contribution in [2.24, 2.45) is 0 Å². The Bertz CT molecular complexity index is 675. The Kier molecular flexibility index (Phi) is 4.94. The largest absolute Gasteiger partial charge is 0.495 e. The van der Waals surface area contributed by atoms with Crippen LogP contribution < -0.4 is 15.4 Å². The van der Waals surface area contributed by atoms with Gasteiger partial charge in [-0.2, -0.15) is 0 Å². The molecule has 2 aromatic carbocycles. The number of nitrogens with one attached hydrogen (secondary N) is 2. The van der Waals surface area contributed by atoms with Crippen molar-refractivity contribution in [3.63, 3.8) is 0 Å². The molecule has 2 N–H and O–H groups in total. The first-order valence-electron chi connectivity index (χ1n) is 6.17. The monoisotopic (exact) mass is 324 g/mol. The molecule has 0 aliphatic heterocycles. The summed E-state index contributed by atoms with van der Waals surface area (Å²) in [5, 5.41) is 6.65. The fraction of sp³-hybridized carbons (Fsp3) is 0.133. The Morgan fingerprint density at radius 2 is 1.90 bits per heavy atom. The van der Waals surface area contributed by atoms with Gasteiger partial charge in [0.1, 0.15) is 5.75 Å². The van der Waals surface area contributed by atoms with Crippen LogP contribution in [-0.4, -0.2) is 20.1 Å². The van der Waals surface area contributed by atoms with Gasteiger partial charge in [-0.05, 0) is 36.4 Å². The number of carbonyl (C=O) groups excluding carboxylic acids is 1. The molecule has 0 spiro atoms. The summed E-state index contributed by atoms with van der Waals surface area (Å²) in [5.41, 5.74) is 1.72. The zero-order valence-corrected chi connectivity index (χ0v) is 13.0. The summed E-state index contributed by atoms with van der Waals surface area (Å²) in [7, 11) is 3.27. The number of amides is 1. The highest BCUT2D eigenvalue weighted by molar-refractivity contribution is 6.32. The molecule has 0 aliphatic rings. The van der Waals surface area contributed by atoms with Gasteiger partial charge in [0.2, 0.25) is 0 Å². The lowest BCUT2D eigenvalue weighted by atomic mass is 10.1. The molecule has 0 fully saturated rings. The van der Waals surface area contributed by atoms with E-state index in [1.54, 1.807) is 43.4 Å². The van der Waals surface area contributed by atoms with Crippen molar-refractivity contribution in [1.29, 1.82) is 0 Å². The van der Waals surface area contributed by atoms with Crippen molar-refractivity contribution >= 4 is 40.5 Å². The van der Waals surface area contributed by atoms with Crippen LogP contribution in [0.15, 0.2) is 36.4 Å². The Morgan fingerprint density at radius 3 is 2.52 bits per heavy atom. The molecule has 4 nitrogen and oxygen atoms in total. The number of hydrogen-bond donors (Lipinski definition) is 2. The third-order valence-corrected chi connectivity index (χ3v) is 3.44. The fourth-order valence-electron chi connectivity index (χ4n) is 1.86. The zero-order chi connectivity index (χ0) is 15.4. The van der Waals surface area contributed by atoms with Crippen molar-refractivity contribution in [3.8, 4) is 5.75 Å². The summed E-state index contributed by atoms with van der Waals surface area (Å²) >= 11 is 12.0. The van der Waals surface area contributed by atoms with Crippen LogP contribution in [0, 0.1) is 0 Å². The first-order chi connectivity index (χ1) is 10.0. The van der Waals surface area contributed by atoms with Crippen LogP contribution in [0.5, 0.6) is 5.75 Å². The average Bonchev–Trinajstić information content (AvgIpc) is 2.47. The number of rotatable bonds is 4. The second-order valence-corrected chi connectivity index (χ2v) is 5.09. The second kappa shape index (κ2) is 6.70. The van der Waals surface area contributed by atoms with E-state index in [-0.39, 0.29) is 5.91 Å². The Hall–Kier alpha value is -1.91. The van der Waals surface area contributed by atoms with Crippen LogP contribution in [0.25, 0.3) is 0 Å². The van der Waals surface area contributed by atoms with Crippen LogP contribution in [0.1, 0.15) is 10.4 Å². The summed E-state index contributed by atoms with van der Waals surface area (Å²) in [6, 6.07) is 10.1. The van der Waals surface area contributed by atoms with E-state index in [0.29, 0.717) is 32.7 Å². The molecule has 0 aromatic heterocycles. The van der Waals surface area contributed by atoms with Crippen molar-refractivity contribution in [2.45, 2.75) is 0 Å². The molecule has 110 valence electrons. The number of benzene rings is 2. The quantitative estimate of drug-likeness (QED) is 0.881. The summed E-state index contributed by atoms with van der Waals surface area (Å²) < 4.78 is 5.07. The van der Waals surface area contributed by atoms with E-state index in [1.807, 2.05) is 0 Å². The number of anilines is 2. The molecule has 0 saturated carbocycles. The van der Waals surface area contributed by atoms with Gasteiger partial charge >= 0.3 is 0 Å². The lowest BCUT2D eigenvalue weighted by Crippen LogP contribution is -2.14. The van der Waals surface area contributed by atoms with Gasteiger partial charge < -0.3 is 15.4 Å². The minimum atomic E-state index is -0.275. The highest BCUT2D eigenvalue weighted by atomic mass is 35.5. The van der Waals surface area contributed by atoms with Crippen molar-refractivity contribution < 1.29 is 9.53 Å². The third kappa shape index (κ3) is 3.60. The molecular weight excluding hydrogens is 311 g/mol. The predicted octanol–water partition coefficient (Wildman–Crippen LogP) is 4.30. The summed E-state index contributed by atoms with van der Waals surface area (Å²) in [6.07, 6.45) is 0. The first kappa shape index (κ1) is 15.5. The standard InChI is InChI=1S/C15H14Cl2N2O2/c1-18-13-5-3-9(16)7-11(13)15(20)19-10-4-6-14(21-2)12(17)8-10/h3-8,18H,1-2H3,(H,19,20). The fourth-order valence-corrected chi connectivity index (χ4v) is 2.29. The molecule has 6 heteroatoms. The van der Waals surface area contributed by atoms with E-state index in [4.69, 9.17) is 27.9 Å². The minimum absolute atomic E-state index is 0.275. The average molecular weight is 325 g/mol. The predicted molar refractivity (Wildman–Crippen MR) is 87.0 cm³/mol. The van der Waals surface area contributed by atoms with E-state index < -0.39 is 0 Å². The Morgan fingerprint density at radius 1 is 1.14 bits per heavy atom. The highest BCUT2D eigenvalue weighted by Gasteiger charge is 2.12. The lowest BCUT2D eigenvalue weighted by molar-refractivity contribution is 0.102. The van der Waals surface area contributed by atoms with Gasteiger partial charge in [0.25, 0.3) is 5.91 Å². The van der Waals surface area contributed by atoms with Crippen molar-refractivity contribution in [1.82, 2.24) is 0 Å². The zero-order valence-electron chi connectivity index (χ0n) is 11.5. The van der Waals surface area contributed by atoms with Crippen LogP contribution in [-0.2, 0) is 0 Å². The number of carbonyl (C=O) groups is 1.